The van der Waals surface area contributed by atoms with Crippen LogP contribution in [-0.2, 0) is 13.1 Å². The molecule has 0 radical (unpaired) electrons. The minimum atomic E-state index is 0.0939. The molecule has 1 amide bonds. The van der Waals surface area contributed by atoms with Gasteiger partial charge in [0.15, 0.2) is 0 Å². The molecule has 1 aromatic heterocycles. The predicted octanol–water partition coefficient (Wildman–Crippen LogP) is 3.00. The van der Waals surface area contributed by atoms with Crippen LogP contribution in [0.15, 0.2) is 48.5 Å². The molecular formula is C18H17N3O. The molecule has 4 heteroatoms. The van der Waals surface area contributed by atoms with E-state index >= 15 is 0 Å². The monoisotopic (exact) mass is 291 g/mol. The van der Waals surface area contributed by atoms with Crippen molar-refractivity contribution in [2.24, 2.45) is 0 Å². The molecule has 4 rings (SSSR count). The normalized spacial score (nSPS) is 14.1. The zero-order chi connectivity index (χ0) is 15.1. The van der Waals surface area contributed by atoms with Gasteiger partial charge in [-0.05, 0) is 30.7 Å². The van der Waals surface area contributed by atoms with Gasteiger partial charge in [-0.3, -0.25) is 4.79 Å². The summed E-state index contributed by atoms with van der Waals surface area (Å²) in [5.74, 6) is 1.06. The van der Waals surface area contributed by atoms with Gasteiger partial charge in [-0.1, -0.05) is 30.3 Å². The summed E-state index contributed by atoms with van der Waals surface area (Å²) >= 11 is 0. The fraction of sp³-hybridized carbons (Fsp3) is 0.222. The summed E-state index contributed by atoms with van der Waals surface area (Å²) in [4.78, 5) is 19.3. The molecule has 0 fully saturated rings. The van der Waals surface area contributed by atoms with Crippen LogP contribution >= 0.6 is 0 Å². The number of imidazole rings is 1. The van der Waals surface area contributed by atoms with E-state index < -0.39 is 0 Å². The van der Waals surface area contributed by atoms with Crippen LogP contribution in [0.4, 0.5) is 0 Å². The Bertz CT molecular complexity index is 866. The topological polar surface area (TPSA) is 38.1 Å². The summed E-state index contributed by atoms with van der Waals surface area (Å²) in [6, 6.07) is 15.9. The van der Waals surface area contributed by atoms with Gasteiger partial charge in [0, 0.05) is 18.7 Å². The molecule has 4 nitrogen and oxygen atoms in total. The molecule has 2 heterocycles. The van der Waals surface area contributed by atoms with Gasteiger partial charge in [-0.2, -0.15) is 0 Å². The van der Waals surface area contributed by atoms with Gasteiger partial charge in [0.25, 0.3) is 5.91 Å². The largest absolute Gasteiger partial charge is 0.329 e. The van der Waals surface area contributed by atoms with Gasteiger partial charge in [0.2, 0.25) is 0 Å². The predicted molar refractivity (Wildman–Crippen MR) is 85.7 cm³/mol. The quantitative estimate of drug-likeness (QED) is 0.691. The summed E-state index contributed by atoms with van der Waals surface area (Å²) in [6.45, 7) is 4.07. The van der Waals surface area contributed by atoms with Crippen molar-refractivity contribution in [1.82, 2.24) is 14.5 Å². The fourth-order valence-electron chi connectivity index (χ4n) is 3.12. The van der Waals surface area contributed by atoms with Crippen molar-refractivity contribution in [3.05, 3.63) is 65.5 Å². The summed E-state index contributed by atoms with van der Waals surface area (Å²) in [7, 11) is 0. The number of rotatable bonds is 1. The number of hydrogen-bond donors (Lipinski definition) is 0. The molecule has 0 aliphatic carbocycles. The van der Waals surface area contributed by atoms with Crippen molar-refractivity contribution in [3.8, 4) is 0 Å². The number of aromatic nitrogens is 2. The SMILES string of the molecule is Cc1ccccc1C(=O)N1CCn2c(nc3ccccc32)C1. The van der Waals surface area contributed by atoms with Crippen LogP contribution < -0.4 is 0 Å². The van der Waals surface area contributed by atoms with Crippen molar-refractivity contribution in [1.29, 1.82) is 0 Å². The summed E-state index contributed by atoms with van der Waals surface area (Å²) in [5.41, 5.74) is 3.96. The molecule has 0 saturated carbocycles. The van der Waals surface area contributed by atoms with Crippen molar-refractivity contribution in [2.75, 3.05) is 6.54 Å². The Morgan fingerprint density at radius 1 is 1.05 bits per heavy atom. The molecule has 0 saturated heterocycles. The Balaban J connectivity index is 1.67. The molecule has 0 bridgehead atoms. The number of nitrogens with zero attached hydrogens (tertiary/aromatic N) is 3. The third-order valence-corrected chi connectivity index (χ3v) is 4.32. The standard InChI is InChI=1S/C18H17N3O/c1-13-6-2-3-7-14(13)18(22)20-10-11-21-16-9-5-4-8-15(16)19-17(21)12-20/h2-9H,10-12H2,1H3. The summed E-state index contributed by atoms with van der Waals surface area (Å²) in [5, 5.41) is 0. The lowest BCUT2D eigenvalue weighted by atomic mass is 10.1. The Kier molecular flexibility index (Phi) is 2.96. The first-order valence-electron chi connectivity index (χ1n) is 7.53. The molecule has 22 heavy (non-hydrogen) atoms. The van der Waals surface area contributed by atoms with E-state index in [1.807, 2.05) is 54.3 Å². The van der Waals surface area contributed by atoms with Crippen molar-refractivity contribution in [2.45, 2.75) is 20.0 Å². The highest BCUT2D eigenvalue weighted by Crippen LogP contribution is 2.22. The molecule has 0 spiro atoms. The van der Waals surface area contributed by atoms with Crippen LogP contribution in [0.2, 0.25) is 0 Å². The van der Waals surface area contributed by atoms with E-state index in [9.17, 15) is 4.79 Å². The number of para-hydroxylation sites is 2. The molecular weight excluding hydrogens is 274 g/mol. The highest BCUT2D eigenvalue weighted by Gasteiger charge is 2.24. The second kappa shape index (κ2) is 4.98. The fourth-order valence-corrected chi connectivity index (χ4v) is 3.12. The van der Waals surface area contributed by atoms with E-state index in [1.165, 1.54) is 0 Å². The van der Waals surface area contributed by atoms with Crippen LogP contribution in [0.25, 0.3) is 11.0 Å². The first kappa shape index (κ1) is 13.1. The zero-order valence-electron chi connectivity index (χ0n) is 12.5. The van der Waals surface area contributed by atoms with Crippen LogP contribution in [0, 0.1) is 6.92 Å². The number of carbonyl (C=O) groups is 1. The van der Waals surface area contributed by atoms with E-state index in [1.54, 1.807) is 0 Å². The summed E-state index contributed by atoms with van der Waals surface area (Å²) in [6.07, 6.45) is 0. The lowest BCUT2D eigenvalue weighted by Gasteiger charge is -2.28. The zero-order valence-corrected chi connectivity index (χ0v) is 12.5. The van der Waals surface area contributed by atoms with Gasteiger partial charge < -0.3 is 9.47 Å². The van der Waals surface area contributed by atoms with Crippen LogP contribution in [-0.4, -0.2) is 26.9 Å². The van der Waals surface area contributed by atoms with Crippen LogP contribution in [0.3, 0.4) is 0 Å². The molecule has 110 valence electrons. The highest BCUT2D eigenvalue weighted by atomic mass is 16.2. The minimum absolute atomic E-state index is 0.0939. The number of amides is 1. The van der Waals surface area contributed by atoms with Gasteiger partial charge >= 0.3 is 0 Å². The second-order valence-electron chi connectivity index (χ2n) is 5.71. The van der Waals surface area contributed by atoms with Crippen molar-refractivity contribution >= 4 is 16.9 Å². The van der Waals surface area contributed by atoms with E-state index in [0.717, 1.165) is 41.1 Å². The Hall–Kier alpha value is -2.62. The molecule has 1 aliphatic rings. The van der Waals surface area contributed by atoms with Gasteiger partial charge in [-0.25, -0.2) is 4.98 Å². The molecule has 3 aromatic rings. The maximum absolute atomic E-state index is 12.7. The Morgan fingerprint density at radius 3 is 2.68 bits per heavy atom. The highest BCUT2D eigenvalue weighted by molar-refractivity contribution is 5.95. The van der Waals surface area contributed by atoms with Gasteiger partial charge in [0.1, 0.15) is 5.82 Å². The Morgan fingerprint density at radius 2 is 1.82 bits per heavy atom. The van der Waals surface area contributed by atoms with Crippen LogP contribution in [0.5, 0.6) is 0 Å². The average Bonchev–Trinajstić information content (AvgIpc) is 2.92. The first-order chi connectivity index (χ1) is 10.7. The van der Waals surface area contributed by atoms with Crippen LogP contribution in [0.1, 0.15) is 21.7 Å². The lowest BCUT2D eigenvalue weighted by Crippen LogP contribution is -2.38. The molecule has 0 atom stereocenters. The number of carbonyl (C=O) groups excluding carboxylic acids is 1. The van der Waals surface area contributed by atoms with E-state index in [-0.39, 0.29) is 5.91 Å². The third kappa shape index (κ3) is 1.99. The lowest BCUT2D eigenvalue weighted by molar-refractivity contribution is 0.0708. The molecule has 0 N–H and O–H groups in total. The maximum atomic E-state index is 12.7. The second-order valence-corrected chi connectivity index (χ2v) is 5.71. The van der Waals surface area contributed by atoms with E-state index in [0.29, 0.717) is 6.54 Å². The maximum Gasteiger partial charge on any atom is 0.254 e. The van der Waals surface area contributed by atoms with Crippen molar-refractivity contribution < 1.29 is 4.79 Å². The molecule has 2 aromatic carbocycles. The number of aryl methyl sites for hydroxylation is 1. The average molecular weight is 291 g/mol. The van der Waals surface area contributed by atoms with E-state index in [4.69, 9.17) is 0 Å². The van der Waals surface area contributed by atoms with Gasteiger partial charge in [0.05, 0.1) is 17.6 Å². The Labute approximate surface area is 129 Å². The summed E-state index contributed by atoms with van der Waals surface area (Å²) < 4.78 is 2.22. The van der Waals surface area contributed by atoms with Gasteiger partial charge in [-0.15, -0.1) is 0 Å². The number of fused-ring (bicyclic) bond motifs is 3. The number of benzene rings is 2. The third-order valence-electron chi connectivity index (χ3n) is 4.32. The minimum Gasteiger partial charge on any atom is -0.329 e. The molecule has 1 aliphatic heterocycles. The first-order valence-corrected chi connectivity index (χ1v) is 7.53. The molecule has 0 unspecified atom stereocenters. The number of hydrogen-bond acceptors (Lipinski definition) is 2. The van der Waals surface area contributed by atoms with Crippen molar-refractivity contribution in [3.63, 3.8) is 0 Å². The smallest absolute Gasteiger partial charge is 0.254 e. The van der Waals surface area contributed by atoms with E-state index in [2.05, 4.69) is 15.6 Å².